The Labute approximate surface area is 170 Å². The van der Waals surface area contributed by atoms with Crippen LogP contribution in [0.1, 0.15) is 11.8 Å². The van der Waals surface area contributed by atoms with Gasteiger partial charge >= 0.3 is 0 Å². The molecule has 0 amide bonds. The van der Waals surface area contributed by atoms with Crippen LogP contribution in [-0.4, -0.2) is 58.1 Å². The number of hydrogen-bond acceptors (Lipinski definition) is 5. The highest BCUT2D eigenvalue weighted by Crippen LogP contribution is 2.26. The van der Waals surface area contributed by atoms with Crippen molar-refractivity contribution < 1.29 is 13.2 Å². The molecule has 0 aliphatic carbocycles. The summed E-state index contributed by atoms with van der Waals surface area (Å²) in [6.07, 6.45) is 5.23. The summed E-state index contributed by atoms with van der Waals surface area (Å²) in [4.78, 5) is 5.28. The number of rotatable bonds is 6. The van der Waals surface area contributed by atoms with Crippen LogP contribution in [-0.2, 0) is 21.3 Å². The zero-order valence-corrected chi connectivity index (χ0v) is 18.0. The maximum absolute atomic E-state index is 12.6. The largest absolute Gasteiger partial charge is 0.379 e. The van der Waals surface area contributed by atoms with Gasteiger partial charge in [0.25, 0.3) is 10.0 Å². The first-order chi connectivity index (χ1) is 11.6. The van der Waals surface area contributed by atoms with Gasteiger partial charge in [0.05, 0.1) is 26.3 Å². The predicted molar refractivity (Wildman–Crippen MR) is 111 cm³/mol. The highest BCUT2D eigenvalue weighted by molar-refractivity contribution is 14.0. The second kappa shape index (κ2) is 11.0. The smallest absolute Gasteiger partial charge is 0.252 e. The van der Waals surface area contributed by atoms with Gasteiger partial charge in [0.2, 0.25) is 0 Å². The summed E-state index contributed by atoms with van der Waals surface area (Å²) in [5.41, 5.74) is 0. The van der Waals surface area contributed by atoms with Crippen LogP contribution in [0.3, 0.4) is 0 Å². The number of halogens is 1. The standard InChI is InChI=1S/C15H22N4O3S2.HI/c1-3-7-17-15(16-4-2)18-12-13-5-6-14(23-13)24(20,21)19-8-10-22-11-9-19;/h1,5-6H,4,7-12H2,2H3,(H2,16,17,18);1H. The molecule has 0 spiro atoms. The van der Waals surface area contributed by atoms with Gasteiger partial charge in [-0.15, -0.1) is 41.7 Å². The Morgan fingerprint density at radius 2 is 2.12 bits per heavy atom. The van der Waals surface area contributed by atoms with Crippen LogP contribution in [0.15, 0.2) is 21.3 Å². The molecule has 1 aliphatic rings. The molecule has 0 atom stereocenters. The SMILES string of the molecule is C#CCNC(=NCc1ccc(S(=O)(=O)N2CCOCC2)s1)NCC.I. The number of aliphatic imine (C=N–C) groups is 1. The van der Waals surface area contributed by atoms with Crippen molar-refractivity contribution in [2.24, 2.45) is 4.99 Å². The molecule has 0 unspecified atom stereocenters. The molecule has 25 heavy (non-hydrogen) atoms. The first kappa shape index (κ1) is 22.2. The molecule has 140 valence electrons. The third kappa shape index (κ3) is 6.41. The van der Waals surface area contributed by atoms with Crippen LogP contribution in [0.25, 0.3) is 0 Å². The lowest BCUT2D eigenvalue weighted by molar-refractivity contribution is 0.0731. The van der Waals surface area contributed by atoms with E-state index in [9.17, 15) is 8.42 Å². The molecule has 2 N–H and O–H groups in total. The monoisotopic (exact) mass is 498 g/mol. The number of terminal acetylenes is 1. The molecule has 7 nitrogen and oxygen atoms in total. The van der Waals surface area contributed by atoms with Gasteiger partial charge in [-0.1, -0.05) is 5.92 Å². The van der Waals surface area contributed by atoms with Gasteiger partial charge in [-0.05, 0) is 19.1 Å². The Bertz CT molecular complexity index is 707. The number of ether oxygens (including phenoxy) is 1. The van der Waals surface area contributed by atoms with Gasteiger partial charge in [-0.3, -0.25) is 0 Å². The van der Waals surface area contributed by atoms with Gasteiger partial charge in [0.1, 0.15) is 4.21 Å². The Morgan fingerprint density at radius 3 is 2.76 bits per heavy atom. The van der Waals surface area contributed by atoms with E-state index >= 15 is 0 Å². The minimum Gasteiger partial charge on any atom is -0.379 e. The van der Waals surface area contributed by atoms with Gasteiger partial charge in [0, 0.05) is 24.5 Å². The average molecular weight is 498 g/mol. The second-order valence-corrected chi connectivity index (χ2v) is 8.32. The Hall–Kier alpha value is -0.870. The molecule has 1 fully saturated rings. The van der Waals surface area contributed by atoms with E-state index in [4.69, 9.17) is 11.2 Å². The number of guanidine groups is 1. The fourth-order valence-electron chi connectivity index (χ4n) is 2.13. The van der Waals surface area contributed by atoms with E-state index in [0.29, 0.717) is 49.6 Å². The van der Waals surface area contributed by atoms with Crippen molar-refractivity contribution in [3.8, 4) is 12.3 Å². The summed E-state index contributed by atoms with van der Waals surface area (Å²) >= 11 is 1.24. The normalized spacial score (nSPS) is 15.9. The molecule has 2 heterocycles. The van der Waals surface area contributed by atoms with Gasteiger partial charge in [0.15, 0.2) is 5.96 Å². The van der Waals surface area contributed by atoms with Crippen LogP contribution in [0.4, 0.5) is 0 Å². The maximum Gasteiger partial charge on any atom is 0.252 e. The summed E-state index contributed by atoms with van der Waals surface area (Å²) in [5.74, 6) is 3.10. The van der Waals surface area contributed by atoms with E-state index in [0.717, 1.165) is 11.4 Å². The van der Waals surface area contributed by atoms with E-state index < -0.39 is 10.0 Å². The van der Waals surface area contributed by atoms with Crippen LogP contribution in [0, 0.1) is 12.3 Å². The van der Waals surface area contributed by atoms with E-state index in [-0.39, 0.29) is 24.0 Å². The molecule has 1 saturated heterocycles. The van der Waals surface area contributed by atoms with Gasteiger partial charge in [-0.2, -0.15) is 4.31 Å². The summed E-state index contributed by atoms with van der Waals surface area (Å²) in [6.45, 7) is 5.13. The van der Waals surface area contributed by atoms with Crippen molar-refractivity contribution in [2.75, 3.05) is 39.4 Å². The summed E-state index contributed by atoms with van der Waals surface area (Å²) in [5, 5.41) is 6.08. The molecule has 10 heteroatoms. The van der Waals surface area contributed by atoms with Crippen molar-refractivity contribution in [1.29, 1.82) is 0 Å². The summed E-state index contributed by atoms with van der Waals surface area (Å²) in [7, 11) is -3.44. The lowest BCUT2D eigenvalue weighted by Crippen LogP contribution is -2.40. The number of morpholine rings is 1. The quantitative estimate of drug-likeness (QED) is 0.266. The Balaban J connectivity index is 0.00000312. The van der Waals surface area contributed by atoms with E-state index in [2.05, 4.69) is 21.5 Å². The molecule has 0 radical (unpaired) electrons. The fraction of sp³-hybridized carbons (Fsp3) is 0.533. The molecule has 1 aromatic heterocycles. The number of nitrogens with zero attached hydrogens (tertiary/aromatic N) is 2. The topological polar surface area (TPSA) is 83.0 Å². The number of sulfonamides is 1. The molecular formula is C15H23IN4O3S2. The Morgan fingerprint density at radius 1 is 1.40 bits per heavy atom. The van der Waals surface area contributed by atoms with Crippen molar-refractivity contribution in [3.63, 3.8) is 0 Å². The highest BCUT2D eigenvalue weighted by atomic mass is 127. The van der Waals surface area contributed by atoms with Crippen LogP contribution in [0.5, 0.6) is 0 Å². The van der Waals surface area contributed by atoms with Crippen LogP contribution < -0.4 is 10.6 Å². The third-order valence-electron chi connectivity index (χ3n) is 3.30. The second-order valence-electron chi connectivity index (χ2n) is 4.99. The van der Waals surface area contributed by atoms with Crippen molar-refractivity contribution >= 4 is 51.3 Å². The molecule has 0 saturated carbocycles. The lowest BCUT2D eigenvalue weighted by atomic mass is 10.5. The molecular weight excluding hydrogens is 475 g/mol. The average Bonchev–Trinajstić information content (AvgIpc) is 3.08. The van der Waals surface area contributed by atoms with Crippen LogP contribution in [0.2, 0.25) is 0 Å². The predicted octanol–water partition coefficient (Wildman–Crippen LogP) is 1.08. The Kier molecular flexibility index (Phi) is 9.73. The highest BCUT2D eigenvalue weighted by Gasteiger charge is 2.27. The van der Waals surface area contributed by atoms with Crippen LogP contribution >= 0.6 is 35.3 Å². The van der Waals surface area contributed by atoms with E-state index in [1.165, 1.54) is 15.6 Å². The number of hydrogen-bond donors (Lipinski definition) is 2. The summed E-state index contributed by atoms with van der Waals surface area (Å²) in [6, 6.07) is 3.44. The summed E-state index contributed by atoms with van der Waals surface area (Å²) < 4.78 is 32.2. The zero-order chi connectivity index (χ0) is 17.4. The van der Waals surface area contributed by atoms with Crippen molar-refractivity contribution in [2.45, 2.75) is 17.7 Å². The number of nitrogens with one attached hydrogen (secondary N) is 2. The first-order valence-corrected chi connectivity index (χ1v) is 9.96. The lowest BCUT2D eigenvalue weighted by Gasteiger charge is -2.25. The van der Waals surface area contributed by atoms with Gasteiger partial charge in [-0.25, -0.2) is 13.4 Å². The minimum atomic E-state index is -3.44. The van der Waals surface area contributed by atoms with Gasteiger partial charge < -0.3 is 15.4 Å². The van der Waals surface area contributed by atoms with E-state index in [1.807, 2.05) is 6.92 Å². The van der Waals surface area contributed by atoms with Crippen molar-refractivity contribution in [3.05, 3.63) is 17.0 Å². The molecule has 1 aromatic rings. The minimum absolute atomic E-state index is 0. The third-order valence-corrected chi connectivity index (χ3v) is 6.73. The molecule has 1 aliphatic heterocycles. The number of thiophene rings is 1. The molecule has 0 aromatic carbocycles. The molecule has 0 bridgehead atoms. The molecule has 2 rings (SSSR count). The first-order valence-electron chi connectivity index (χ1n) is 7.70. The zero-order valence-electron chi connectivity index (χ0n) is 14.0. The fourth-order valence-corrected chi connectivity index (χ4v) is 4.97. The van der Waals surface area contributed by atoms with E-state index in [1.54, 1.807) is 12.1 Å². The maximum atomic E-state index is 12.6. The van der Waals surface area contributed by atoms with Crippen molar-refractivity contribution in [1.82, 2.24) is 14.9 Å².